The quantitative estimate of drug-likeness (QED) is 0.0355. The number of aryl methyl sites for hydroxylation is 1. The number of rotatable bonds is 28. The zero-order chi connectivity index (χ0) is 66.2. The van der Waals surface area contributed by atoms with Crippen LogP contribution in [0.1, 0.15) is 104 Å². The van der Waals surface area contributed by atoms with Gasteiger partial charge in [0.2, 0.25) is 0 Å². The topological polar surface area (TPSA) is 239 Å². The van der Waals surface area contributed by atoms with Crippen molar-refractivity contribution in [3.05, 3.63) is 125 Å². The van der Waals surface area contributed by atoms with Crippen LogP contribution in [0.3, 0.4) is 0 Å². The van der Waals surface area contributed by atoms with Gasteiger partial charge in [0.15, 0.2) is 90.4 Å². The van der Waals surface area contributed by atoms with Gasteiger partial charge < -0.3 is 71.1 Å². The van der Waals surface area contributed by atoms with E-state index in [0.717, 1.165) is 96.0 Å². The minimum absolute atomic E-state index is 0.0885. The fraction of sp³-hybridized carbons (Fsp3) is 0.464. The molecule has 1 N–H and O–H groups in total. The molecule has 0 aliphatic carbocycles. The number of methoxy groups -OCH3 is 4. The van der Waals surface area contributed by atoms with Crippen molar-refractivity contribution in [2.45, 2.75) is 82.5 Å². The van der Waals surface area contributed by atoms with E-state index in [1.54, 1.807) is 18.4 Å². The van der Waals surface area contributed by atoms with Gasteiger partial charge in [-0.1, -0.05) is 87.4 Å². The predicted octanol–water partition coefficient (Wildman–Crippen LogP) is 12.8. The van der Waals surface area contributed by atoms with Crippen molar-refractivity contribution in [1.29, 1.82) is 0 Å². The first-order valence-corrected chi connectivity index (χ1v) is 34.6. The summed E-state index contributed by atoms with van der Waals surface area (Å²) >= 11 is 5.49. The lowest BCUT2D eigenvalue weighted by molar-refractivity contribution is -0.143. The number of para-hydroxylation sites is 5. The average Bonchev–Trinajstić information content (AvgIpc) is 1.93. The second-order valence-electron chi connectivity index (χ2n) is 21.1. The number of thioether (sulfide) groups is 3. The standard InChI is InChI=1S/2C14H18O4S.C14H18O4.C14H16O4.C13H16O4S/c2*1-16-13(15)9-17-12-5-3-4-11-10(6-7-19-2)8-18-14(11)12;2*1-3-5-10-8-18-14-11(10)6-4-7-12(14)17-9-13(15)16-2;1-18-6-5-9-7-17-13-10(9)3-2-4-11(13)16-8-12(14)15/h2*3-5,10H,6-9H2,1-2H3;4,6-7,10H,3,5,8-9H2,1-2H3;4,6-8H,3,5,9H2,1-2H3;2-4,9H,5-8H2,1H3,(H,14,15). The maximum atomic E-state index is 11.1. The summed E-state index contributed by atoms with van der Waals surface area (Å²) in [5.41, 5.74) is 6.51. The van der Waals surface area contributed by atoms with Crippen molar-refractivity contribution >= 4 is 76.1 Å². The summed E-state index contributed by atoms with van der Waals surface area (Å²) in [5.74, 6) is 8.41. The Bertz CT molecular complexity index is 3210. The van der Waals surface area contributed by atoms with Gasteiger partial charge in [-0.05, 0) is 104 Å². The van der Waals surface area contributed by atoms with E-state index < -0.39 is 29.8 Å². The number of carbonyl (C=O) groups excluding carboxylic acids is 4. The molecule has 4 atom stereocenters. The summed E-state index contributed by atoms with van der Waals surface area (Å²) in [6.07, 6.45) is 15.5. The summed E-state index contributed by atoms with van der Waals surface area (Å²) in [5, 5.41) is 9.66. The van der Waals surface area contributed by atoms with Gasteiger partial charge in [0.1, 0.15) is 0 Å². The normalized spacial score (nSPS) is 15.6. The Kier molecular flexibility index (Phi) is 31.5. The summed E-state index contributed by atoms with van der Waals surface area (Å²) in [4.78, 5) is 54.8. The number of aliphatic carboxylic acids is 1. The molecule has 0 amide bonds. The lowest BCUT2D eigenvalue weighted by Gasteiger charge is -2.10. The molecule has 23 heteroatoms. The van der Waals surface area contributed by atoms with Crippen LogP contribution < -0.4 is 42.6 Å². The number of hydrogen-bond acceptors (Lipinski definition) is 22. The van der Waals surface area contributed by atoms with Crippen molar-refractivity contribution in [2.75, 3.05) is 124 Å². The fourth-order valence-electron chi connectivity index (χ4n) is 10.3. The third-order valence-corrected chi connectivity index (χ3v) is 16.9. The van der Waals surface area contributed by atoms with E-state index in [2.05, 4.69) is 69.8 Å². The van der Waals surface area contributed by atoms with Gasteiger partial charge in [-0.15, -0.1) is 0 Å². The molecule has 5 aromatic carbocycles. The van der Waals surface area contributed by atoms with Crippen LogP contribution in [0.15, 0.2) is 102 Å². The molecule has 1 aromatic heterocycles. The summed E-state index contributed by atoms with van der Waals surface area (Å²) in [6.45, 7) is 6.29. The Morgan fingerprint density at radius 2 is 0.750 bits per heavy atom. The van der Waals surface area contributed by atoms with Crippen LogP contribution in [0.2, 0.25) is 0 Å². The summed E-state index contributed by atoms with van der Waals surface area (Å²) < 4.78 is 73.4. The molecule has 5 heterocycles. The van der Waals surface area contributed by atoms with Crippen LogP contribution in [0.4, 0.5) is 0 Å². The lowest BCUT2D eigenvalue weighted by Crippen LogP contribution is -2.12. The third-order valence-electron chi connectivity index (χ3n) is 15.0. The van der Waals surface area contributed by atoms with E-state index in [1.807, 2.05) is 95.9 Å². The van der Waals surface area contributed by atoms with Crippen LogP contribution in [-0.4, -0.2) is 159 Å². The zero-order valence-corrected chi connectivity index (χ0v) is 56.4. The fourth-order valence-corrected chi connectivity index (χ4v) is 11.8. The number of furan rings is 1. The molecular weight excluding hydrogens is 1240 g/mol. The van der Waals surface area contributed by atoms with Crippen molar-refractivity contribution in [3.63, 3.8) is 0 Å². The Labute approximate surface area is 551 Å². The molecule has 10 rings (SSSR count). The van der Waals surface area contributed by atoms with Crippen molar-refractivity contribution in [1.82, 2.24) is 0 Å². The largest absolute Gasteiger partial charge is 0.489 e. The molecule has 0 bridgehead atoms. The van der Waals surface area contributed by atoms with E-state index in [9.17, 15) is 24.0 Å². The highest BCUT2D eigenvalue weighted by molar-refractivity contribution is 7.98. The summed E-state index contributed by atoms with van der Waals surface area (Å²) in [7, 11) is 5.36. The Balaban J connectivity index is 0.000000183. The molecular formula is C69H86O20S3. The maximum Gasteiger partial charge on any atom is 0.343 e. The van der Waals surface area contributed by atoms with Gasteiger partial charge >= 0.3 is 29.8 Å². The van der Waals surface area contributed by atoms with Crippen LogP contribution in [0.25, 0.3) is 11.0 Å². The van der Waals surface area contributed by atoms with Crippen molar-refractivity contribution in [3.8, 4) is 51.7 Å². The van der Waals surface area contributed by atoms with Gasteiger partial charge in [0, 0.05) is 51.3 Å². The number of ether oxygens (including phenoxy) is 13. The molecule has 4 unspecified atom stereocenters. The minimum Gasteiger partial charge on any atom is -0.489 e. The number of carbonyl (C=O) groups is 5. The molecule has 500 valence electrons. The van der Waals surface area contributed by atoms with Crippen molar-refractivity contribution < 1.29 is 95.1 Å². The van der Waals surface area contributed by atoms with Gasteiger partial charge in [0.05, 0.1) is 61.1 Å². The first-order valence-electron chi connectivity index (χ1n) is 30.4. The van der Waals surface area contributed by atoms with Gasteiger partial charge in [-0.25, -0.2) is 24.0 Å². The van der Waals surface area contributed by atoms with E-state index >= 15 is 0 Å². The van der Waals surface area contributed by atoms with Crippen LogP contribution in [-0.2, 0) is 49.3 Å². The SMILES string of the molecule is CCCC1COc2c(OCC(=O)OC)cccc21.CCCc1coc2c(OCC(=O)OC)cccc12.COC(=O)COc1cccc2c1OCC2CCSC.COC(=O)COc1cccc2c1OCC2CCSC.CSCCC1COc2c(OCC(=O)O)cccc21. The molecule has 0 fully saturated rings. The van der Waals surface area contributed by atoms with Crippen LogP contribution in [0.5, 0.6) is 51.7 Å². The molecule has 92 heavy (non-hydrogen) atoms. The molecule has 0 saturated heterocycles. The van der Waals surface area contributed by atoms with Gasteiger partial charge in [-0.2, -0.15) is 35.3 Å². The number of carboxylic acids is 1. The first-order chi connectivity index (χ1) is 44.7. The molecule has 6 aromatic rings. The second-order valence-corrected chi connectivity index (χ2v) is 24.1. The van der Waals surface area contributed by atoms with Crippen molar-refractivity contribution in [2.24, 2.45) is 0 Å². The molecule has 4 aliphatic rings. The van der Waals surface area contributed by atoms with E-state index in [1.165, 1.54) is 45.1 Å². The second kappa shape index (κ2) is 39.6. The highest BCUT2D eigenvalue weighted by atomic mass is 32.2. The number of esters is 4. The molecule has 0 saturated carbocycles. The number of carboxylic acid groups (broad SMARTS) is 1. The maximum absolute atomic E-state index is 11.1. The third kappa shape index (κ3) is 21.7. The van der Waals surface area contributed by atoms with Gasteiger partial charge in [-0.3, -0.25) is 0 Å². The lowest BCUT2D eigenvalue weighted by atomic mass is 9.96. The Hall–Kier alpha value is -7.76. The number of hydrogen-bond donors (Lipinski definition) is 1. The predicted molar refractivity (Wildman–Crippen MR) is 356 cm³/mol. The van der Waals surface area contributed by atoms with E-state index in [4.69, 9.17) is 52.2 Å². The zero-order valence-electron chi connectivity index (χ0n) is 53.9. The van der Waals surface area contributed by atoms with E-state index in [0.29, 0.717) is 90.2 Å². The number of benzene rings is 5. The van der Waals surface area contributed by atoms with E-state index in [-0.39, 0.29) is 33.0 Å². The summed E-state index contributed by atoms with van der Waals surface area (Å²) in [6, 6.07) is 28.8. The van der Waals surface area contributed by atoms with Crippen LogP contribution in [0, 0.1) is 0 Å². The molecule has 0 spiro atoms. The minimum atomic E-state index is -0.982. The monoisotopic (exact) mass is 1330 g/mol. The number of fused-ring (bicyclic) bond motifs is 5. The molecule has 0 radical (unpaired) electrons. The van der Waals surface area contributed by atoms with Gasteiger partial charge in [0.25, 0.3) is 0 Å². The first kappa shape index (κ1) is 73.3. The molecule has 20 nitrogen and oxygen atoms in total. The smallest absolute Gasteiger partial charge is 0.343 e. The highest BCUT2D eigenvalue weighted by Crippen LogP contribution is 2.46. The average molecular weight is 1330 g/mol. The molecule has 4 aliphatic heterocycles. The highest BCUT2D eigenvalue weighted by Gasteiger charge is 2.31. The Morgan fingerprint density at radius 3 is 1.07 bits per heavy atom. The Morgan fingerprint density at radius 1 is 0.435 bits per heavy atom. The van der Waals surface area contributed by atoms with Crippen LogP contribution >= 0.6 is 35.3 Å².